The van der Waals surface area contributed by atoms with Crippen molar-refractivity contribution in [1.82, 2.24) is 10.3 Å². The number of carbonyl (C=O) groups excluding carboxylic acids is 1. The molecule has 1 spiro atoms. The van der Waals surface area contributed by atoms with Crippen molar-refractivity contribution in [2.24, 2.45) is 11.3 Å². The number of fused-ring (bicyclic) bond motifs is 1. The molecule has 1 atom stereocenters. The molecule has 1 aromatic rings. The van der Waals surface area contributed by atoms with E-state index < -0.39 is 0 Å². The number of hydrogen-bond acceptors (Lipinski definition) is 2. The van der Waals surface area contributed by atoms with Crippen LogP contribution < -0.4 is 5.32 Å². The molecule has 0 aliphatic heterocycles. The van der Waals surface area contributed by atoms with Gasteiger partial charge in [-0.3, -0.25) is 9.78 Å². The van der Waals surface area contributed by atoms with Crippen LogP contribution in [0, 0.1) is 11.3 Å². The van der Waals surface area contributed by atoms with E-state index in [-0.39, 0.29) is 5.91 Å². The third kappa shape index (κ3) is 2.47. The minimum atomic E-state index is 0.275. The van der Waals surface area contributed by atoms with E-state index >= 15 is 0 Å². The number of aromatic nitrogens is 1. The summed E-state index contributed by atoms with van der Waals surface area (Å²) in [7, 11) is 0. The highest BCUT2D eigenvalue weighted by Gasteiger charge is 2.57. The van der Waals surface area contributed by atoms with Gasteiger partial charge < -0.3 is 5.32 Å². The van der Waals surface area contributed by atoms with Crippen LogP contribution in [-0.2, 0) is 24.2 Å². The minimum absolute atomic E-state index is 0.275. The fourth-order valence-corrected chi connectivity index (χ4v) is 4.41. The van der Waals surface area contributed by atoms with Crippen LogP contribution in [0.15, 0.2) is 12.3 Å². The van der Waals surface area contributed by atoms with Gasteiger partial charge in [-0.05, 0) is 55.1 Å². The van der Waals surface area contributed by atoms with Gasteiger partial charge in [0.15, 0.2) is 0 Å². The zero-order valence-corrected chi connectivity index (χ0v) is 12.7. The van der Waals surface area contributed by atoms with Crippen LogP contribution in [0.5, 0.6) is 0 Å². The van der Waals surface area contributed by atoms with Gasteiger partial charge in [0.2, 0.25) is 5.91 Å². The number of rotatable bonds is 3. The molecule has 1 unspecified atom stereocenters. The van der Waals surface area contributed by atoms with Crippen LogP contribution in [0.1, 0.15) is 61.8 Å². The smallest absolute Gasteiger partial charge is 0.223 e. The van der Waals surface area contributed by atoms with Gasteiger partial charge in [-0.25, -0.2) is 0 Å². The van der Waals surface area contributed by atoms with Crippen molar-refractivity contribution in [3.05, 3.63) is 29.1 Å². The predicted octanol–water partition coefficient (Wildman–Crippen LogP) is 3.16. The Hall–Kier alpha value is -1.38. The van der Waals surface area contributed by atoms with Crippen LogP contribution in [0.3, 0.4) is 0 Å². The van der Waals surface area contributed by atoms with Crippen molar-refractivity contribution < 1.29 is 4.79 Å². The maximum Gasteiger partial charge on any atom is 0.223 e. The van der Waals surface area contributed by atoms with E-state index in [4.69, 9.17) is 0 Å². The van der Waals surface area contributed by atoms with Gasteiger partial charge in [0, 0.05) is 24.4 Å². The van der Waals surface area contributed by atoms with Crippen LogP contribution in [0.4, 0.5) is 0 Å². The Morgan fingerprint density at radius 3 is 2.95 bits per heavy atom. The molecular formula is C18H24N2O. The lowest BCUT2D eigenvalue weighted by molar-refractivity contribution is -0.123. The largest absolute Gasteiger partial charge is 0.352 e. The van der Waals surface area contributed by atoms with Gasteiger partial charge in [-0.1, -0.05) is 25.3 Å². The van der Waals surface area contributed by atoms with Gasteiger partial charge in [0.25, 0.3) is 0 Å². The molecule has 0 saturated heterocycles. The summed E-state index contributed by atoms with van der Waals surface area (Å²) in [6, 6.07) is 2.24. The monoisotopic (exact) mass is 284 g/mol. The molecule has 1 heterocycles. The molecule has 1 amide bonds. The zero-order chi connectivity index (χ0) is 14.3. The van der Waals surface area contributed by atoms with E-state index in [2.05, 4.69) is 16.4 Å². The molecule has 4 rings (SSSR count). The molecule has 3 heteroatoms. The first kappa shape index (κ1) is 13.3. The Morgan fingerprint density at radius 2 is 2.10 bits per heavy atom. The number of nitrogens with zero attached hydrogens (tertiary/aromatic N) is 1. The van der Waals surface area contributed by atoms with E-state index in [1.165, 1.54) is 49.8 Å². The Kier molecular flexibility index (Phi) is 3.24. The molecule has 1 aromatic heterocycles. The highest BCUT2D eigenvalue weighted by Crippen LogP contribution is 2.61. The summed E-state index contributed by atoms with van der Waals surface area (Å²) in [6.45, 7) is 0.645. The molecule has 21 heavy (non-hydrogen) atoms. The summed E-state index contributed by atoms with van der Waals surface area (Å²) < 4.78 is 0. The SMILES string of the molecule is O=C(NCc1cnc2c(c1)CCC2)C1CC12CCCCC2. The molecule has 3 aliphatic carbocycles. The molecule has 2 fully saturated rings. The summed E-state index contributed by atoms with van der Waals surface area (Å²) in [5.74, 6) is 0.567. The maximum absolute atomic E-state index is 12.4. The number of hydrogen-bond donors (Lipinski definition) is 1. The number of pyridine rings is 1. The van der Waals surface area contributed by atoms with Crippen molar-refractivity contribution in [2.45, 2.75) is 64.3 Å². The van der Waals surface area contributed by atoms with Crippen molar-refractivity contribution in [1.29, 1.82) is 0 Å². The van der Waals surface area contributed by atoms with Crippen molar-refractivity contribution in [3.63, 3.8) is 0 Å². The topological polar surface area (TPSA) is 42.0 Å². The third-order valence-corrected chi connectivity index (χ3v) is 5.80. The van der Waals surface area contributed by atoms with Gasteiger partial charge in [0.1, 0.15) is 0 Å². The van der Waals surface area contributed by atoms with Gasteiger partial charge in [0.05, 0.1) is 0 Å². The summed E-state index contributed by atoms with van der Waals surface area (Å²) in [6.07, 6.45) is 13.1. The van der Waals surface area contributed by atoms with Crippen molar-refractivity contribution >= 4 is 5.91 Å². The average Bonchev–Trinajstić information content (AvgIpc) is 2.99. The predicted molar refractivity (Wildman–Crippen MR) is 81.7 cm³/mol. The molecule has 3 nitrogen and oxygen atoms in total. The number of nitrogens with one attached hydrogen (secondary N) is 1. The molecule has 112 valence electrons. The lowest BCUT2D eigenvalue weighted by Crippen LogP contribution is -2.27. The number of amides is 1. The Balaban J connectivity index is 1.34. The van der Waals surface area contributed by atoms with Crippen LogP contribution in [0.2, 0.25) is 0 Å². The summed E-state index contributed by atoms with van der Waals surface area (Å²) in [5, 5.41) is 3.14. The standard InChI is InChI=1S/C18H24N2O/c21-17(15-10-18(15)7-2-1-3-8-18)20-12-13-9-14-5-4-6-16(14)19-11-13/h9,11,15H,1-8,10,12H2,(H,20,21). The summed E-state index contributed by atoms with van der Waals surface area (Å²) in [4.78, 5) is 16.9. The molecule has 0 aromatic carbocycles. The number of carbonyl (C=O) groups is 1. The Labute approximate surface area is 126 Å². The van der Waals surface area contributed by atoms with Gasteiger partial charge >= 0.3 is 0 Å². The average molecular weight is 284 g/mol. The second-order valence-electron chi connectivity index (χ2n) is 7.20. The molecular weight excluding hydrogens is 260 g/mol. The minimum Gasteiger partial charge on any atom is -0.352 e. The fourth-order valence-electron chi connectivity index (χ4n) is 4.41. The van der Waals surface area contributed by atoms with E-state index in [0.717, 1.165) is 24.8 Å². The van der Waals surface area contributed by atoms with Crippen LogP contribution >= 0.6 is 0 Å². The van der Waals surface area contributed by atoms with Gasteiger partial charge in [-0.2, -0.15) is 0 Å². The zero-order valence-electron chi connectivity index (χ0n) is 12.7. The van der Waals surface area contributed by atoms with Crippen molar-refractivity contribution in [3.8, 4) is 0 Å². The lowest BCUT2D eigenvalue weighted by Gasteiger charge is -2.22. The summed E-state index contributed by atoms with van der Waals surface area (Å²) in [5.41, 5.74) is 4.19. The second kappa shape index (κ2) is 5.11. The molecule has 3 aliphatic rings. The lowest BCUT2D eigenvalue weighted by atomic mass is 9.84. The normalized spacial score (nSPS) is 25.6. The quantitative estimate of drug-likeness (QED) is 0.926. The maximum atomic E-state index is 12.4. The molecule has 0 bridgehead atoms. The number of aryl methyl sites for hydroxylation is 2. The third-order valence-electron chi connectivity index (χ3n) is 5.80. The highest BCUT2D eigenvalue weighted by molar-refractivity contribution is 5.82. The van der Waals surface area contributed by atoms with Gasteiger partial charge in [-0.15, -0.1) is 0 Å². The van der Waals surface area contributed by atoms with E-state index in [1.807, 2.05) is 6.20 Å². The first-order valence-corrected chi connectivity index (χ1v) is 8.51. The van der Waals surface area contributed by atoms with Crippen LogP contribution in [-0.4, -0.2) is 10.9 Å². The van der Waals surface area contributed by atoms with Crippen LogP contribution in [0.25, 0.3) is 0 Å². The van der Waals surface area contributed by atoms with E-state index in [1.54, 1.807) is 0 Å². The first-order chi connectivity index (χ1) is 10.3. The Bertz CT molecular complexity index is 560. The molecule has 0 radical (unpaired) electrons. The van der Waals surface area contributed by atoms with E-state index in [0.29, 0.717) is 17.9 Å². The highest BCUT2D eigenvalue weighted by atomic mass is 16.2. The fraction of sp³-hybridized carbons (Fsp3) is 0.667. The first-order valence-electron chi connectivity index (χ1n) is 8.51. The molecule has 2 saturated carbocycles. The summed E-state index contributed by atoms with van der Waals surface area (Å²) >= 11 is 0. The van der Waals surface area contributed by atoms with E-state index in [9.17, 15) is 4.79 Å². The van der Waals surface area contributed by atoms with Crippen molar-refractivity contribution in [2.75, 3.05) is 0 Å². The molecule has 1 N–H and O–H groups in total. The Morgan fingerprint density at radius 1 is 1.24 bits per heavy atom. The second-order valence-corrected chi connectivity index (χ2v) is 7.20.